The third-order valence-corrected chi connectivity index (χ3v) is 4.03. The smallest absolute Gasteiger partial charge is 0.249 e. The van der Waals surface area contributed by atoms with Gasteiger partial charge in [-0.25, -0.2) is 0 Å². The molecule has 0 atom stereocenters. The molecule has 0 spiro atoms. The number of benzene rings is 1. The molecule has 8 heteroatoms. The van der Waals surface area contributed by atoms with Crippen LogP contribution in [-0.2, 0) is 0 Å². The molecular weight excluding hydrogens is 308 g/mol. The Morgan fingerprint density at radius 1 is 1.08 bits per heavy atom. The van der Waals surface area contributed by atoms with Crippen molar-refractivity contribution < 1.29 is 9.47 Å². The maximum absolute atomic E-state index is 5.38. The van der Waals surface area contributed by atoms with Gasteiger partial charge in [0.2, 0.25) is 5.95 Å². The van der Waals surface area contributed by atoms with E-state index in [0.29, 0.717) is 11.7 Å². The summed E-state index contributed by atoms with van der Waals surface area (Å²) < 4.78 is 10.6. The lowest BCUT2D eigenvalue weighted by Crippen LogP contribution is -2.44. The van der Waals surface area contributed by atoms with Crippen molar-refractivity contribution in [3.8, 4) is 11.5 Å². The highest BCUT2D eigenvalue weighted by molar-refractivity contribution is 5.64. The summed E-state index contributed by atoms with van der Waals surface area (Å²) in [6.07, 6.45) is 1.70. The summed E-state index contributed by atoms with van der Waals surface area (Å²) in [5.74, 6) is 2.65. The van der Waals surface area contributed by atoms with Crippen LogP contribution >= 0.6 is 0 Å². The second-order valence-corrected chi connectivity index (χ2v) is 5.62. The zero-order valence-electron chi connectivity index (χ0n) is 14.2. The molecule has 128 valence electrons. The number of methoxy groups -OCH3 is 2. The molecule has 1 fully saturated rings. The molecule has 1 aromatic heterocycles. The molecule has 1 aromatic carbocycles. The maximum Gasteiger partial charge on any atom is 0.249 e. The summed E-state index contributed by atoms with van der Waals surface area (Å²) in [6, 6.07) is 5.52. The Kier molecular flexibility index (Phi) is 4.95. The first-order valence-corrected chi connectivity index (χ1v) is 7.82. The Morgan fingerprint density at radius 3 is 2.58 bits per heavy atom. The van der Waals surface area contributed by atoms with E-state index in [-0.39, 0.29) is 0 Å². The van der Waals surface area contributed by atoms with Crippen LogP contribution in [0.15, 0.2) is 24.4 Å². The van der Waals surface area contributed by atoms with Gasteiger partial charge in [0.15, 0.2) is 5.82 Å². The molecule has 0 unspecified atom stereocenters. The van der Waals surface area contributed by atoms with Crippen LogP contribution in [0, 0.1) is 0 Å². The van der Waals surface area contributed by atoms with Crippen molar-refractivity contribution in [1.29, 1.82) is 0 Å². The lowest BCUT2D eigenvalue weighted by molar-refractivity contribution is 0.312. The zero-order chi connectivity index (χ0) is 16.9. The summed E-state index contributed by atoms with van der Waals surface area (Å²) >= 11 is 0. The van der Waals surface area contributed by atoms with Crippen LogP contribution in [0.4, 0.5) is 17.5 Å². The minimum absolute atomic E-state index is 0.440. The molecule has 24 heavy (non-hydrogen) atoms. The van der Waals surface area contributed by atoms with Gasteiger partial charge in [0, 0.05) is 32.2 Å². The average Bonchev–Trinajstić information content (AvgIpc) is 2.63. The van der Waals surface area contributed by atoms with E-state index < -0.39 is 0 Å². The van der Waals surface area contributed by atoms with Gasteiger partial charge in [0.1, 0.15) is 11.5 Å². The Hall–Kier alpha value is -2.61. The van der Waals surface area contributed by atoms with Crippen molar-refractivity contribution in [3.63, 3.8) is 0 Å². The van der Waals surface area contributed by atoms with E-state index in [0.717, 1.165) is 43.4 Å². The molecule has 2 aromatic rings. The highest BCUT2D eigenvalue weighted by atomic mass is 16.5. The summed E-state index contributed by atoms with van der Waals surface area (Å²) in [6.45, 7) is 3.89. The molecule has 2 heterocycles. The van der Waals surface area contributed by atoms with Crippen LogP contribution < -0.4 is 19.7 Å². The van der Waals surface area contributed by atoms with Crippen LogP contribution in [0.3, 0.4) is 0 Å². The topological polar surface area (TPSA) is 75.6 Å². The van der Waals surface area contributed by atoms with E-state index in [1.165, 1.54) is 0 Å². The molecule has 8 nitrogen and oxygen atoms in total. The van der Waals surface area contributed by atoms with Crippen LogP contribution in [0.5, 0.6) is 11.5 Å². The van der Waals surface area contributed by atoms with Gasteiger partial charge in [-0.15, -0.1) is 5.10 Å². The first-order valence-electron chi connectivity index (χ1n) is 7.82. The van der Waals surface area contributed by atoms with Crippen LogP contribution in [0.1, 0.15) is 0 Å². The Morgan fingerprint density at radius 2 is 1.88 bits per heavy atom. The number of piperazine rings is 1. The Bertz CT molecular complexity index is 688. The molecule has 0 radical (unpaired) electrons. The van der Waals surface area contributed by atoms with Crippen LogP contribution in [0.25, 0.3) is 0 Å². The van der Waals surface area contributed by atoms with Crippen LogP contribution in [-0.4, -0.2) is 67.5 Å². The number of likely N-dealkylation sites (N-methyl/N-ethyl adjacent to an activating group) is 1. The second kappa shape index (κ2) is 7.31. The summed E-state index contributed by atoms with van der Waals surface area (Å²) in [4.78, 5) is 9.08. The van der Waals surface area contributed by atoms with Crippen molar-refractivity contribution in [3.05, 3.63) is 24.4 Å². The van der Waals surface area contributed by atoms with E-state index in [1.54, 1.807) is 26.5 Å². The van der Waals surface area contributed by atoms with E-state index in [4.69, 9.17) is 9.47 Å². The number of aromatic nitrogens is 3. The monoisotopic (exact) mass is 330 g/mol. The number of hydrogen-bond donors (Lipinski definition) is 1. The number of ether oxygens (including phenoxy) is 2. The third kappa shape index (κ3) is 3.65. The van der Waals surface area contributed by atoms with Crippen LogP contribution in [0.2, 0.25) is 0 Å². The van der Waals surface area contributed by atoms with Gasteiger partial charge in [-0.3, -0.25) is 0 Å². The highest BCUT2D eigenvalue weighted by Crippen LogP contribution is 2.30. The maximum atomic E-state index is 5.38. The van der Waals surface area contributed by atoms with E-state index >= 15 is 0 Å². The lowest BCUT2D eigenvalue weighted by Gasteiger charge is -2.32. The quantitative estimate of drug-likeness (QED) is 0.881. The van der Waals surface area contributed by atoms with E-state index in [2.05, 4.69) is 37.3 Å². The number of nitrogens with zero attached hydrogens (tertiary/aromatic N) is 5. The molecule has 0 saturated carbocycles. The first-order chi connectivity index (χ1) is 11.7. The van der Waals surface area contributed by atoms with Gasteiger partial charge in [0.25, 0.3) is 0 Å². The molecule has 0 amide bonds. The fraction of sp³-hybridized carbons (Fsp3) is 0.438. The minimum Gasteiger partial charge on any atom is -0.497 e. The van der Waals surface area contributed by atoms with Gasteiger partial charge >= 0.3 is 0 Å². The number of hydrogen-bond acceptors (Lipinski definition) is 8. The fourth-order valence-corrected chi connectivity index (χ4v) is 2.56. The SMILES string of the molecule is COc1ccc(Nc2nncc(N3CCN(C)CC3)n2)c(OC)c1. The standard InChI is InChI=1S/C16H22N6O2/c1-21-6-8-22(9-7-21)15-11-17-20-16(19-15)18-13-5-4-12(23-2)10-14(13)24-3/h4-5,10-11H,6-9H2,1-3H3,(H,18,19,20). The summed E-state index contributed by atoms with van der Waals surface area (Å²) in [7, 11) is 5.35. The predicted octanol–water partition coefficient (Wildman–Crippen LogP) is 1.38. The highest BCUT2D eigenvalue weighted by Gasteiger charge is 2.16. The number of rotatable bonds is 5. The first kappa shape index (κ1) is 16.3. The summed E-state index contributed by atoms with van der Waals surface area (Å²) in [5.41, 5.74) is 0.760. The van der Waals surface area contributed by atoms with Gasteiger partial charge < -0.3 is 24.6 Å². The average molecular weight is 330 g/mol. The van der Waals surface area contributed by atoms with E-state index in [1.807, 2.05) is 12.1 Å². The number of anilines is 3. The largest absolute Gasteiger partial charge is 0.497 e. The van der Waals surface area contributed by atoms with Crippen molar-refractivity contribution >= 4 is 17.5 Å². The fourth-order valence-electron chi connectivity index (χ4n) is 2.56. The van der Waals surface area contributed by atoms with Crippen molar-refractivity contribution in [2.75, 3.05) is 57.7 Å². The normalized spacial score (nSPS) is 15.2. The Balaban J connectivity index is 1.77. The molecule has 3 rings (SSSR count). The molecular formula is C16H22N6O2. The van der Waals surface area contributed by atoms with Crippen molar-refractivity contribution in [2.24, 2.45) is 0 Å². The summed E-state index contributed by atoms with van der Waals surface area (Å²) in [5, 5.41) is 11.3. The molecule has 1 saturated heterocycles. The predicted molar refractivity (Wildman–Crippen MR) is 92.4 cm³/mol. The Labute approximate surface area is 141 Å². The van der Waals surface area contributed by atoms with E-state index in [9.17, 15) is 0 Å². The van der Waals surface area contributed by atoms with Gasteiger partial charge in [0.05, 0.1) is 26.1 Å². The molecule has 0 aliphatic carbocycles. The third-order valence-electron chi connectivity index (χ3n) is 4.03. The molecule has 1 aliphatic rings. The molecule has 0 bridgehead atoms. The molecule has 1 N–H and O–H groups in total. The lowest BCUT2D eigenvalue weighted by atomic mass is 10.2. The molecule has 1 aliphatic heterocycles. The second-order valence-electron chi connectivity index (χ2n) is 5.62. The minimum atomic E-state index is 0.440. The van der Waals surface area contributed by atoms with Gasteiger partial charge in [-0.1, -0.05) is 0 Å². The van der Waals surface area contributed by atoms with Crippen molar-refractivity contribution in [1.82, 2.24) is 20.1 Å². The zero-order valence-corrected chi connectivity index (χ0v) is 14.2. The van der Waals surface area contributed by atoms with Gasteiger partial charge in [-0.2, -0.15) is 10.1 Å². The van der Waals surface area contributed by atoms with Crippen molar-refractivity contribution in [2.45, 2.75) is 0 Å². The van der Waals surface area contributed by atoms with Gasteiger partial charge in [-0.05, 0) is 19.2 Å². The number of nitrogens with one attached hydrogen (secondary N) is 1.